The molecule has 1 aromatic carbocycles. The summed E-state index contributed by atoms with van der Waals surface area (Å²) in [6.45, 7) is 8.09. The monoisotopic (exact) mass is 310 g/mol. The fourth-order valence-corrected chi connectivity index (χ4v) is 2.86. The Morgan fingerprint density at radius 1 is 1.29 bits per heavy atom. The van der Waals surface area contributed by atoms with Crippen molar-refractivity contribution in [3.63, 3.8) is 0 Å². The number of carbonyl (C=O) groups is 1. The maximum absolute atomic E-state index is 12.5. The molecular formula is C17H27ClN2O. The van der Waals surface area contributed by atoms with Crippen LogP contribution in [-0.4, -0.2) is 37.0 Å². The lowest BCUT2D eigenvalue weighted by atomic mass is 9.94. The van der Waals surface area contributed by atoms with E-state index >= 15 is 0 Å². The molecule has 1 amide bonds. The first kappa shape index (κ1) is 18.0. The van der Waals surface area contributed by atoms with E-state index in [4.69, 9.17) is 0 Å². The summed E-state index contributed by atoms with van der Waals surface area (Å²) in [7, 11) is 0. The van der Waals surface area contributed by atoms with E-state index in [9.17, 15) is 4.79 Å². The lowest BCUT2D eigenvalue weighted by molar-refractivity contribution is -0.133. The Balaban J connectivity index is 0.00000220. The number of halogens is 1. The van der Waals surface area contributed by atoms with E-state index in [0.29, 0.717) is 0 Å². The Bertz CT molecular complexity index is 416. The van der Waals surface area contributed by atoms with Crippen LogP contribution in [0.4, 0.5) is 0 Å². The molecule has 1 atom stereocenters. The molecule has 0 spiro atoms. The highest BCUT2D eigenvalue weighted by atomic mass is 35.5. The minimum absolute atomic E-state index is 0. The number of likely N-dealkylation sites (tertiary alicyclic amines) is 1. The first-order valence-electron chi connectivity index (χ1n) is 7.76. The van der Waals surface area contributed by atoms with Gasteiger partial charge in [0.2, 0.25) is 5.91 Å². The molecule has 2 rings (SSSR count). The normalized spacial score (nSPS) is 17.1. The predicted molar refractivity (Wildman–Crippen MR) is 90.0 cm³/mol. The summed E-state index contributed by atoms with van der Waals surface area (Å²) in [5, 5.41) is 3.41. The first-order chi connectivity index (χ1) is 9.72. The third kappa shape index (κ3) is 5.01. The molecule has 1 saturated heterocycles. The minimum Gasteiger partial charge on any atom is -0.342 e. The van der Waals surface area contributed by atoms with E-state index in [2.05, 4.69) is 12.2 Å². The minimum atomic E-state index is -0.0264. The van der Waals surface area contributed by atoms with Crippen molar-refractivity contribution in [2.75, 3.05) is 26.2 Å². The van der Waals surface area contributed by atoms with Gasteiger partial charge in [-0.05, 0) is 44.3 Å². The molecule has 1 fully saturated rings. The molecule has 0 aliphatic carbocycles. The maximum Gasteiger partial charge on any atom is 0.229 e. The van der Waals surface area contributed by atoms with Gasteiger partial charge in [-0.3, -0.25) is 4.79 Å². The molecule has 0 bridgehead atoms. The van der Waals surface area contributed by atoms with Gasteiger partial charge in [-0.25, -0.2) is 0 Å². The summed E-state index contributed by atoms with van der Waals surface area (Å²) < 4.78 is 0. The molecule has 1 unspecified atom stereocenters. The van der Waals surface area contributed by atoms with E-state index in [1.807, 2.05) is 42.2 Å². The average molecular weight is 311 g/mol. The average Bonchev–Trinajstić information content (AvgIpc) is 2.53. The zero-order valence-electron chi connectivity index (χ0n) is 13.0. The number of benzene rings is 1. The van der Waals surface area contributed by atoms with Crippen molar-refractivity contribution in [1.82, 2.24) is 10.2 Å². The van der Waals surface area contributed by atoms with Crippen LogP contribution < -0.4 is 5.32 Å². The Hall–Kier alpha value is -1.06. The van der Waals surface area contributed by atoms with Crippen molar-refractivity contribution < 1.29 is 4.79 Å². The largest absolute Gasteiger partial charge is 0.342 e. The van der Waals surface area contributed by atoms with Crippen LogP contribution in [0, 0.1) is 5.92 Å². The molecule has 0 saturated carbocycles. The second kappa shape index (κ2) is 9.06. The van der Waals surface area contributed by atoms with Crippen LogP contribution in [0.2, 0.25) is 0 Å². The zero-order chi connectivity index (χ0) is 14.4. The second-order valence-electron chi connectivity index (χ2n) is 5.71. The first-order valence-corrected chi connectivity index (χ1v) is 7.76. The molecule has 0 aromatic heterocycles. The van der Waals surface area contributed by atoms with Gasteiger partial charge in [-0.2, -0.15) is 0 Å². The highest BCUT2D eigenvalue weighted by Crippen LogP contribution is 2.22. The number of nitrogens with one attached hydrogen (secondary N) is 1. The van der Waals surface area contributed by atoms with Crippen molar-refractivity contribution >= 4 is 18.3 Å². The fraction of sp³-hybridized carbons (Fsp3) is 0.588. The van der Waals surface area contributed by atoms with Crippen LogP contribution in [0.25, 0.3) is 0 Å². The standard InChI is InChI=1S/C17H26N2O.ClH/c1-3-18-13-15-9-11-19(12-10-15)17(20)14(2)16-7-5-4-6-8-16;/h4-8,14-15,18H,3,9-13H2,1-2H3;1H. The molecule has 1 heterocycles. The van der Waals surface area contributed by atoms with Crippen LogP contribution in [0.1, 0.15) is 38.2 Å². The predicted octanol–water partition coefficient (Wildman–Crippen LogP) is 3.06. The molecule has 1 N–H and O–H groups in total. The van der Waals surface area contributed by atoms with Crippen molar-refractivity contribution in [2.24, 2.45) is 5.92 Å². The molecule has 21 heavy (non-hydrogen) atoms. The van der Waals surface area contributed by atoms with Gasteiger partial charge in [0.05, 0.1) is 5.92 Å². The fourth-order valence-electron chi connectivity index (χ4n) is 2.86. The summed E-state index contributed by atoms with van der Waals surface area (Å²) in [5.41, 5.74) is 1.12. The van der Waals surface area contributed by atoms with Gasteiger partial charge in [0.15, 0.2) is 0 Å². The van der Waals surface area contributed by atoms with E-state index in [1.54, 1.807) is 0 Å². The molecule has 0 radical (unpaired) electrons. The summed E-state index contributed by atoms with van der Waals surface area (Å²) in [4.78, 5) is 14.6. The number of nitrogens with zero attached hydrogens (tertiary/aromatic N) is 1. The lowest BCUT2D eigenvalue weighted by Gasteiger charge is -2.33. The van der Waals surface area contributed by atoms with E-state index < -0.39 is 0 Å². The highest BCUT2D eigenvalue weighted by molar-refractivity contribution is 5.85. The highest BCUT2D eigenvalue weighted by Gasteiger charge is 2.26. The summed E-state index contributed by atoms with van der Waals surface area (Å²) in [6.07, 6.45) is 2.25. The smallest absolute Gasteiger partial charge is 0.229 e. The number of carbonyl (C=O) groups excluding carboxylic acids is 1. The molecule has 1 aliphatic heterocycles. The van der Waals surface area contributed by atoms with Crippen molar-refractivity contribution in [3.05, 3.63) is 35.9 Å². The van der Waals surface area contributed by atoms with Gasteiger partial charge in [-0.1, -0.05) is 37.3 Å². The van der Waals surface area contributed by atoms with E-state index in [0.717, 1.165) is 50.5 Å². The number of rotatable bonds is 5. The van der Waals surface area contributed by atoms with E-state index in [1.165, 1.54) is 0 Å². The van der Waals surface area contributed by atoms with Gasteiger partial charge in [0.25, 0.3) is 0 Å². The molecule has 4 heteroatoms. The van der Waals surface area contributed by atoms with Gasteiger partial charge in [0.1, 0.15) is 0 Å². The molecule has 3 nitrogen and oxygen atoms in total. The van der Waals surface area contributed by atoms with Gasteiger partial charge >= 0.3 is 0 Å². The molecule has 1 aliphatic rings. The zero-order valence-corrected chi connectivity index (χ0v) is 13.9. The topological polar surface area (TPSA) is 32.3 Å². The third-order valence-electron chi connectivity index (χ3n) is 4.28. The Labute approximate surface area is 134 Å². The molecular weight excluding hydrogens is 284 g/mol. The van der Waals surface area contributed by atoms with Crippen LogP contribution in [0.15, 0.2) is 30.3 Å². The maximum atomic E-state index is 12.5. The van der Waals surface area contributed by atoms with Crippen LogP contribution in [0.5, 0.6) is 0 Å². The number of hydrogen-bond acceptors (Lipinski definition) is 2. The van der Waals surface area contributed by atoms with E-state index in [-0.39, 0.29) is 24.2 Å². The van der Waals surface area contributed by atoms with Gasteiger partial charge < -0.3 is 10.2 Å². The van der Waals surface area contributed by atoms with Gasteiger partial charge in [0, 0.05) is 13.1 Å². The van der Waals surface area contributed by atoms with Gasteiger partial charge in [-0.15, -0.1) is 12.4 Å². The van der Waals surface area contributed by atoms with Crippen molar-refractivity contribution in [2.45, 2.75) is 32.6 Å². The second-order valence-corrected chi connectivity index (χ2v) is 5.71. The number of amides is 1. The summed E-state index contributed by atoms with van der Waals surface area (Å²) in [6, 6.07) is 10.1. The van der Waals surface area contributed by atoms with Crippen molar-refractivity contribution in [1.29, 1.82) is 0 Å². The van der Waals surface area contributed by atoms with Crippen molar-refractivity contribution in [3.8, 4) is 0 Å². The third-order valence-corrected chi connectivity index (χ3v) is 4.28. The Kier molecular flexibility index (Phi) is 7.76. The SMILES string of the molecule is CCNCC1CCN(C(=O)C(C)c2ccccc2)CC1.Cl. The number of hydrogen-bond donors (Lipinski definition) is 1. The van der Waals surface area contributed by atoms with Crippen LogP contribution in [-0.2, 0) is 4.79 Å². The number of piperidine rings is 1. The summed E-state index contributed by atoms with van der Waals surface area (Å²) in [5.74, 6) is 0.977. The van der Waals surface area contributed by atoms with Crippen LogP contribution >= 0.6 is 12.4 Å². The molecule has 1 aromatic rings. The van der Waals surface area contributed by atoms with Crippen LogP contribution in [0.3, 0.4) is 0 Å². The lowest BCUT2D eigenvalue weighted by Crippen LogP contribution is -2.42. The summed E-state index contributed by atoms with van der Waals surface area (Å²) >= 11 is 0. The molecule has 118 valence electrons. The Morgan fingerprint density at radius 2 is 1.90 bits per heavy atom. The quantitative estimate of drug-likeness (QED) is 0.906. The Morgan fingerprint density at radius 3 is 2.48 bits per heavy atom.